The molecule has 2 aliphatic heterocycles. The van der Waals surface area contributed by atoms with Crippen molar-refractivity contribution in [2.45, 2.75) is 46.2 Å². The third-order valence-electron chi connectivity index (χ3n) is 6.19. The Morgan fingerprint density at radius 2 is 1.87 bits per heavy atom. The van der Waals surface area contributed by atoms with Crippen molar-refractivity contribution in [1.82, 2.24) is 15.5 Å². The van der Waals surface area contributed by atoms with Crippen LogP contribution in [-0.4, -0.2) is 64.0 Å². The standard InChI is InChI=1S/C25H42N4O2/c1-20-13-21(2)16-29(15-20)17-23-7-5-22(6-8-23)14-28-25(26-3)27-10-4-11-30-18-24-9-12-31-19-24/h5-8,20-21,24H,4,9-19H2,1-3H3,(H2,26,27,28). The van der Waals surface area contributed by atoms with Crippen LogP contribution in [-0.2, 0) is 22.6 Å². The van der Waals surface area contributed by atoms with Gasteiger partial charge in [0.25, 0.3) is 0 Å². The molecule has 0 bridgehead atoms. The van der Waals surface area contributed by atoms with Crippen LogP contribution in [0.5, 0.6) is 0 Å². The number of rotatable bonds is 10. The van der Waals surface area contributed by atoms with E-state index >= 15 is 0 Å². The van der Waals surface area contributed by atoms with Crippen molar-refractivity contribution in [2.24, 2.45) is 22.7 Å². The fourth-order valence-electron chi connectivity index (χ4n) is 4.69. The Hall–Kier alpha value is -1.63. The van der Waals surface area contributed by atoms with Gasteiger partial charge in [-0.1, -0.05) is 38.1 Å². The van der Waals surface area contributed by atoms with Crippen molar-refractivity contribution >= 4 is 5.96 Å². The van der Waals surface area contributed by atoms with Gasteiger partial charge in [-0.3, -0.25) is 9.89 Å². The highest BCUT2D eigenvalue weighted by molar-refractivity contribution is 5.79. The molecule has 2 fully saturated rings. The molecule has 0 radical (unpaired) electrons. The molecule has 1 aromatic carbocycles. The number of aliphatic imine (C=N–C) groups is 1. The predicted octanol–water partition coefficient (Wildman–Crippen LogP) is 3.27. The number of benzene rings is 1. The molecular weight excluding hydrogens is 388 g/mol. The molecule has 3 rings (SSSR count). The van der Waals surface area contributed by atoms with Crippen LogP contribution in [0, 0.1) is 17.8 Å². The van der Waals surface area contributed by atoms with Crippen molar-refractivity contribution < 1.29 is 9.47 Å². The summed E-state index contributed by atoms with van der Waals surface area (Å²) in [4.78, 5) is 6.92. The van der Waals surface area contributed by atoms with E-state index in [1.807, 2.05) is 7.05 Å². The zero-order valence-electron chi connectivity index (χ0n) is 19.7. The van der Waals surface area contributed by atoms with Crippen molar-refractivity contribution in [3.8, 4) is 0 Å². The molecule has 0 aromatic heterocycles. The Kier molecular flexibility index (Phi) is 10.1. The predicted molar refractivity (Wildman–Crippen MR) is 127 cm³/mol. The maximum atomic E-state index is 5.76. The molecule has 1 aromatic rings. The lowest BCUT2D eigenvalue weighted by Crippen LogP contribution is -2.38. The third-order valence-corrected chi connectivity index (χ3v) is 6.19. The normalized spacial score (nSPS) is 25.0. The second kappa shape index (κ2) is 13.0. The number of nitrogens with zero attached hydrogens (tertiary/aromatic N) is 2. The molecule has 0 saturated carbocycles. The molecule has 3 atom stereocenters. The highest BCUT2D eigenvalue weighted by Crippen LogP contribution is 2.22. The summed E-state index contributed by atoms with van der Waals surface area (Å²) in [6.07, 6.45) is 3.46. The quantitative estimate of drug-likeness (QED) is 0.339. The van der Waals surface area contributed by atoms with Gasteiger partial charge in [0.15, 0.2) is 5.96 Å². The van der Waals surface area contributed by atoms with Crippen LogP contribution >= 0.6 is 0 Å². The summed E-state index contributed by atoms with van der Waals surface area (Å²) >= 11 is 0. The first-order valence-corrected chi connectivity index (χ1v) is 12.0. The summed E-state index contributed by atoms with van der Waals surface area (Å²) in [5.74, 6) is 3.03. The minimum atomic E-state index is 0.584. The molecule has 2 saturated heterocycles. The Bertz CT molecular complexity index is 648. The van der Waals surface area contributed by atoms with Gasteiger partial charge >= 0.3 is 0 Å². The van der Waals surface area contributed by atoms with E-state index in [1.54, 1.807) is 0 Å². The van der Waals surface area contributed by atoms with Gasteiger partial charge in [-0.15, -0.1) is 0 Å². The van der Waals surface area contributed by atoms with Gasteiger partial charge in [-0.2, -0.15) is 0 Å². The molecule has 0 aliphatic carbocycles. The number of ether oxygens (including phenoxy) is 2. The molecule has 31 heavy (non-hydrogen) atoms. The lowest BCUT2D eigenvalue weighted by Gasteiger charge is -2.35. The van der Waals surface area contributed by atoms with Crippen LogP contribution in [0.3, 0.4) is 0 Å². The Morgan fingerprint density at radius 1 is 1.13 bits per heavy atom. The van der Waals surface area contributed by atoms with Crippen molar-refractivity contribution in [3.05, 3.63) is 35.4 Å². The lowest BCUT2D eigenvalue weighted by atomic mass is 9.91. The Labute approximate surface area is 188 Å². The summed E-state index contributed by atoms with van der Waals surface area (Å²) in [7, 11) is 1.82. The molecule has 2 heterocycles. The zero-order chi connectivity index (χ0) is 21.9. The third kappa shape index (κ3) is 8.79. The van der Waals surface area contributed by atoms with Gasteiger partial charge in [0.2, 0.25) is 0 Å². The molecule has 174 valence electrons. The van der Waals surface area contributed by atoms with E-state index < -0.39 is 0 Å². The average Bonchev–Trinajstić information content (AvgIpc) is 3.26. The number of likely N-dealkylation sites (tertiary alicyclic amines) is 1. The van der Waals surface area contributed by atoms with Crippen LogP contribution in [0.25, 0.3) is 0 Å². The molecule has 2 N–H and O–H groups in total. The smallest absolute Gasteiger partial charge is 0.191 e. The van der Waals surface area contributed by atoms with Crippen molar-refractivity contribution in [2.75, 3.05) is 53.1 Å². The summed E-state index contributed by atoms with van der Waals surface area (Å²) < 4.78 is 11.1. The zero-order valence-corrected chi connectivity index (χ0v) is 19.7. The highest BCUT2D eigenvalue weighted by Gasteiger charge is 2.21. The first kappa shape index (κ1) is 24.0. The molecule has 3 unspecified atom stereocenters. The van der Waals surface area contributed by atoms with E-state index in [-0.39, 0.29) is 0 Å². The molecule has 6 nitrogen and oxygen atoms in total. The van der Waals surface area contributed by atoms with Gasteiger partial charge in [-0.25, -0.2) is 0 Å². The Morgan fingerprint density at radius 3 is 2.55 bits per heavy atom. The van der Waals surface area contributed by atoms with Crippen LogP contribution < -0.4 is 10.6 Å². The first-order chi connectivity index (χ1) is 15.1. The van der Waals surface area contributed by atoms with Crippen LogP contribution in [0.1, 0.15) is 44.2 Å². The molecule has 2 aliphatic rings. The van der Waals surface area contributed by atoms with E-state index in [4.69, 9.17) is 9.47 Å². The lowest BCUT2D eigenvalue weighted by molar-refractivity contribution is 0.0888. The second-order valence-corrected chi connectivity index (χ2v) is 9.47. The Balaban J connectivity index is 1.30. The van der Waals surface area contributed by atoms with Crippen molar-refractivity contribution in [3.63, 3.8) is 0 Å². The fourth-order valence-corrected chi connectivity index (χ4v) is 4.69. The maximum Gasteiger partial charge on any atom is 0.191 e. The molecular formula is C25H42N4O2. The number of nitrogens with one attached hydrogen (secondary N) is 2. The van der Waals surface area contributed by atoms with Gasteiger partial charge in [0.05, 0.1) is 13.2 Å². The van der Waals surface area contributed by atoms with Gasteiger partial charge in [0, 0.05) is 58.9 Å². The minimum absolute atomic E-state index is 0.584. The van der Waals surface area contributed by atoms with Gasteiger partial charge in [-0.05, 0) is 42.2 Å². The summed E-state index contributed by atoms with van der Waals surface area (Å²) in [5.41, 5.74) is 2.67. The van der Waals surface area contributed by atoms with Crippen LogP contribution in [0.2, 0.25) is 0 Å². The van der Waals surface area contributed by atoms with Gasteiger partial charge in [0.1, 0.15) is 0 Å². The van der Waals surface area contributed by atoms with E-state index in [9.17, 15) is 0 Å². The maximum absolute atomic E-state index is 5.76. The topological polar surface area (TPSA) is 58.1 Å². The minimum Gasteiger partial charge on any atom is -0.381 e. The van der Waals surface area contributed by atoms with E-state index in [1.165, 1.54) is 30.6 Å². The van der Waals surface area contributed by atoms with Crippen LogP contribution in [0.15, 0.2) is 29.3 Å². The fraction of sp³-hybridized carbons (Fsp3) is 0.720. The summed E-state index contributed by atoms with van der Waals surface area (Å²) in [5, 5.41) is 6.77. The van der Waals surface area contributed by atoms with E-state index in [2.05, 4.69) is 58.6 Å². The number of hydrogen-bond acceptors (Lipinski definition) is 4. The monoisotopic (exact) mass is 430 g/mol. The number of piperidine rings is 1. The largest absolute Gasteiger partial charge is 0.381 e. The highest BCUT2D eigenvalue weighted by atomic mass is 16.5. The van der Waals surface area contributed by atoms with Crippen LogP contribution in [0.4, 0.5) is 0 Å². The first-order valence-electron chi connectivity index (χ1n) is 12.0. The number of hydrogen-bond donors (Lipinski definition) is 2. The molecule has 0 amide bonds. The van der Waals surface area contributed by atoms with E-state index in [0.29, 0.717) is 5.92 Å². The van der Waals surface area contributed by atoms with E-state index in [0.717, 1.165) is 76.7 Å². The number of guanidine groups is 1. The molecule has 0 spiro atoms. The van der Waals surface area contributed by atoms with Gasteiger partial charge < -0.3 is 20.1 Å². The SMILES string of the molecule is CN=C(NCCCOCC1CCOC1)NCc1ccc(CN2CC(C)CC(C)C2)cc1. The second-order valence-electron chi connectivity index (χ2n) is 9.47. The van der Waals surface area contributed by atoms with Crippen molar-refractivity contribution in [1.29, 1.82) is 0 Å². The average molecular weight is 431 g/mol. The molecule has 6 heteroatoms. The summed E-state index contributed by atoms with van der Waals surface area (Å²) in [6.45, 7) is 13.2. The summed E-state index contributed by atoms with van der Waals surface area (Å²) in [6, 6.07) is 8.99.